The van der Waals surface area contributed by atoms with E-state index in [0.29, 0.717) is 12.5 Å². The van der Waals surface area contributed by atoms with Gasteiger partial charge in [0, 0.05) is 6.54 Å². The summed E-state index contributed by atoms with van der Waals surface area (Å²) < 4.78 is 23.4. The van der Waals surface area contributed by atoms with Crippen LogP contribution in [0.3, 0.4) is 0 Å². The van der Waals surface area contributed by atoms with E-state index in [2.05, 4.69) is 5.32 Å². The van der Waals surface area contributed by atoms with Gasteiger partial charge in [-0.15, -0.1) is 0 Å². The number of alkyl halides is 2. The van der Waals surface area contributed by atoms with Crippen LogP contribution in [0.25, 0.3) is 0 Å². The predicted molar refractivity (Wildman–Crippen MR) is 41.0 cm³/mol. The van der Waals surface area contributed by atoms with Crippen LogP contribution in [0, 0.1) is 5.92 Å². The van der Waals surface area contributed by atoms with Crippen LogP contribution in [0.2, 0.25) is 0 Å². The normalized spacial score (nSPS) is 18.6. The number of amides is 1. The van der Waals surface area contributed by atoms with Gasteiger partial charge in [0.2, 0.25) is 0 Å². The lowest BCUT2D eigenvalue weighted by molar-refractivity contribution is -0.131. The van der Waals surface area contributed by atoms with Gasteiger partial charge in [0.15, 0.2) is 0 Å². The molecule has 0 heterocycles. The Labute approximate surface area is 70.3 Å². The smallest absolute Gasteiger partial charge is 0.315 e. The van der Waals surface area contributed by atoms with Crippen LogP contribution in [0.4, 0.5) is 8.78 Å². The summed E-state index contributed by atoms with van der Waals surface area (Å²) in [5.74, 6) is -0.713. The largest absolute Gasteiger partial charge is 0.351 e. The molecule has 70 valence electrons. The van der Waals surface area contributed by atoms with Crippen molar-refractivity contribution in [3.05, 3.63) is 0 Å². The van der Waals surface area contributed by atoms with Crippen molar-refractivity contribution in [1.29, 1.82) is 0 Å². The first kappa shape index (κ1) is 9.42. The second-order valence-corrected chi connectivity index (χ2v) is 3.20. The van der Waals surface area contributed by atoms with Crippen molar-refractivity contribution in [2.75, 3.05) is 6.54 Å². The Morgan fingerprint density at radius 2 is 2.00 bits per heavy atom. The molecule has 0 spiro atoms. The molecule has 1 N–H and O–H groups in total. The molecule has 4 heteroatoms. The zero-order chi connectivity index (χ0) is 8.97. The van der Waals surface area contributed by atoms with Gasteiger partial charge in [0.1, 0.15) is 0 Å². The Kier molecular flexibility index (Phi) is 3.44. The number of carbonyl (C=O) groups excluding carboxylic acids is 1. The van der Waals surface area contributed by atoms with Crippen LogP contribution in [0.1, 0.15) is 25.7 Å². The fourth-order valence-electron chi connectivity index (χ4n) is 1.54. The van der Waals surface area contributed by atoms with Crippen molar-refractivity contribution in [3.8, 4) is 0 Å². The van der Waals surface area contributed by atoms with Gasteiger partial charge in [-0.25, -0.2) is 0 Å². The molecule has 0 unspecified atom stereocenters. The van der Waals surface area contributed by atoms with E-state index in [4.69, 9.17) is 0 Å². The molecule has 1 amide bonds. The summed E-state index contributed by atoms with van der Waals surface area (Å²) in [5.41, 5.74) is 0. The van der Waals surface area contributed by atoms with Crippen molar-refractivity contribution in [3.63, 3.8) is 0 Å². The van der Waals surface area contributed by atoms with E-state index >= 15 is 0 Å². The van der Waals surface area contributed by atoms with Gasteiger partial charge in [-0.1, -0.05) is 12.8 Å². The third kappa shape index (κ3) is 2.75. The van der Waals surface area contributed by atoms with Crippen molar-refractivity contribution >= 4 is 5.91 Å². The predicted octanol–water partition coefficient (Wildman–Crippen LogP) is 1.56. The average Bonchev–Trinajstić information content (AvgIpc) is 2.51. The molecule has 0 aromatic rings. The van der Waals surface area contributed by atoms with Gasteiger partial charge in [0.05, 0.1) is 0 Å². The Bertz CT molecular complexity index is 155. The maximum atomic E-state index is 11.7. The minimum atomic E-state index is -2.87. The average molecular weight is 177 g/mol. The number of rotatable bonds is 3. The highest BCUT2D eigenvalue weighted by Gasteiger charge is 2.19. The molecule has 0 aromatic carbocycles. The molecule has 12 heavy (non-hydrogen) atoms. The van der Waals surface area contributed by atoms with Gasteiger partial charge >= 0.3 is 6.43 Å². The molecule has 0 atom stereocenters. The summed E-state index contributed by atoms with van der Waals surface area (Å²) in [5, 5.41) is 2.24. The second kappa shape index (κ2) is 4.38. The third-order valence-electron chi connectivity index (χ3n) is 2.24. The highest BCUT2D eigenvalue weighted by molar-refractivity contribution is 5.78. The molecule has 2 nitrogen and oxygen atoms in total. The van der Waals surface area contributed by atoms with Crippen LogP contribution in [0.5, 0.6) is 0 Å². The van der Waals surface area contributed by atoms with Crippen LogP contribution in [-0.2, 0) is 4.79 Å². The van der Waals surface area contributed by atoms with Gasteiger partial charge in [0.25, 0.3) is 5.91 Å². The zero-order valence-electron chi connectivity index (χ0n) is 6.85. The molecular weight excluding hydrogens is 164 g/mol. The quantitative estimate of drug-likeness (QED) is 0.696. The molecule has 0 aliphatic heterocycles. The van der Waals surface area contributed by atoms with E-state index in [9.17, 15) is 13.6 Å². The summed E-state index contributed by atoms with van der Waals surface area (Å²) in [6, 6.07) is 0. The third-order valence-corrected chi connectivity index (χ3v) is 2.24. The highest BCUT2D eigenvalue weighted by atomic mass is 19.3. The molecule has 1 fully saturated rings. The highest BCUT2D eigenvalue weighted by Crippen LogP contribution is 2.23. The first-order valence-corrected chi connectivity index (χ1v) is 4.26. The number of nitrogens with one attached hydrogen (secondary N) is 1. The van der Waals surface area contributed by atoms with Crippen LogP contribution in [-0.4, -0.2) is 18.9 Å². The first-order valence-electron chi connectivity index (χ1n) is 4.26. The van der Waals surface area contributed by atoms with Crippen LogP contribution in [0.15, 0.2) is 0 Å². The molecule has 0 radical (unpaired) electrons. The lowest BCUT2D eigenvalue weighted by Crippen LogP contribution is -2.33. The van der Waals surface area contributed by atoms with Crippen molar-refractivity contribution in [1.82, 2.24) is 5.32 Å². The first-order chi connectivity index (χ1) is 5.70. The number of hydrogen-bond acceptors (Lipinski definition) is 1. The second-order valence-electron chi connectivity index (χ2n) is 3.20. The molecule has 0 aromatic heterocycles. The monoisotopic (exact) mass is 177 g/mol. The molecule has 1 aliphatic rings. The van der Waals surface area contributed by atoms with E-state index in [-0.39, 0.29) is 0 Å². The fourth-order valence-corrected chi connectivity index (χ4v) is 1.54. The maximum absolute atomic E-state index is 11.7. The summed E-state index contributed by atoms with van der Waals surface area (Å²) in [4.78, 5) is 10.4. The van der Waals surface area contributed by atoms with Gasteiger partial charge in [-0.05, 0) is 18.8 Å². The van der Waals surface area contributed by atoms with Gasteiger partial charge in [-0.3, -0.25) is 4.79 Å². The minimum Gasteiger partial charge on any atom is -0.351 e. The number of carbonyl (C=O) groups is 1. The Hall–Kier alpha value is -0.670. The van der Waals surface area contributed by atoms with Crippen molar-refractivity contribution in [2.45, 2.75) is 32.1 Å². The Balaban J connectivity index is 2.12. The van der Waals surface area contributed by atoms with Gasteiger partial charge in [-0.2, -0.15) is 8.78 Å². The summed E-state index contributed by atoms with van der Waals surface area (Å²) >= 11 is 0. The summed E-state index contributed by atoms with van der Waals surface area (Å²) in [6.45, 7) is 0.420. The van der Waals surface area contributed by atoms with E-state index in [0.717, 1.165) is 25.7 Å². The standard InChI is InChI=1S/C8H13F2NO/c9-7(10)8(12)11-5-6-3-1-2-4-6/h6-7H,1-5H2,(H,11,12). The number of hydrogen-bond donors (Lipinski definition) is 1. The van der Waals surface area contributed by atoms with Crippen molar-refractivity contribution in [2.24, 2.45) is 5.92 Å². The van der Waals surface area contributed by atoms with E-state index in [1.54, 1.807) is 0 Å². The Morgan fingerprint density at radius 1 is 1.42 bits per heavy atom. The maximum Gasteiger partial charge on any atom is 0.315 e. The van der Waals surface area contributed by atoms with Gasteiger partial charge < -0.3 is 5.32 Å². The van der Waals surface area contributed by atoms with Crippen LogP contribution >= 0.6 is 0 Å². The van der Waals surface area contributed by atoms with E-state index < -0.39 is 12.3 Å². The summed E-state index contributed by atoms with van der Waals surface area (Å²) in [6.07, 6.45) is 1.57. The van der Waals surface area contributed by atoms with Crippen LogP contribution < -0.4 is 5.32 Å². The molecular formula is C8H13F2NO. The lowest BCUT2D eigenvalue weighted by atomic mass is 10.1. The number of halogens is 2. The fraction of sp³-hybridized carbons (Fsp3) is 0.875. The van der Waals surface area contributed by atoms with E-state index in [1.165, 1.54) is 0 Å². The topological polar surface area (TPSA) is 29.1 Å². The summed E-state index contributed by atoms with van der Waals surface area (Å²) in [7, 11) is 0. The van der Waals surface area contributed by atoms with E-state index in [1.807, 2.05) is 0 Å². The SMILES string of the molecule is O=C(NCC1CCCC1)C(F)F. The molecule has 1 rings (SSSR count). The molecule has 1 saturated carbocycles. The lowest BCUT2D eigenvalue weighted by Gasteiger charge is -2.09. The molecule has 0 saturated heterocycles. The van der Waals surface area contributed by atoms with Crippen molar-refractivity contribution < 1.29 is 13.6 Å². The molecule has 0 bridgehead atoms. The molecule has 1 aliphatic carbocycles. The zero-order valence-corrected chi connectivity index (χ0v) is 6.85. The minimum absolute atomic E-state index is 0.420. The Morgan fingerprint density at radius 3 is 2.50 bits per heavy atom.